The highest BCUT2D eigenvalue weighted by molar-refractivity contribution is 6.36. The maximum Gasteiger partial charge on any atom is 0.249 e. The second-order valence-electron chi connectivity index (χ2n) is 6.48. The van der Waals surface area contributed by atoms with Crippen molar-refractivity contribution in [3.8, 4) is 5.75 Å². The van der Waals surface area contributed by atoms with Gasteiger partial charge in [-0.1, -0.05) is 41.4 Å². The Morgan fingerprint density at radius 3 is 2.24 bits per heavy atom. The van der Waals surface area contributed by atoms with Crippen molar-refractivity contribution < 1.29 is 14.3 Å². The minimum absolute atomic E-state index is 0.0964. The number of aromatic nitrogens is 1. The lowest BCUT2D eigenvalue weighted by Gasteiger charge is -2.11. The average molecular weight is 427 g/mol. The second-order valence-corrected chi connectivity index (χ2v) is 7.29. The van der Waals surface area contributed by atoms with Crippen molar-refractivity contribution in [2.24, 2.45) is 5.73 Å². The number of carbonyl (C=O) groups excluding carboxylic acids is 2. The van der Waals surface area contributed by atoms with Gasteiger partial charge >= 0.3 is 0 Å². The summed E-state index contributed by atoms with van der Waals surface area (Å²) in [5.74, 6) is -0.0482. The second kappa shape index (κ2) is 7.78. The van der Waals surface area contributed by atoms with E-state index in [1.54, 1.807) is 36.4 Å². The van der Waals surface area contributed by atoms with E-state index in [1.807, 2.05) is 22.8 Å². The lowest BCUT2D eigenvalue weighted by molar-refractivity contribution is -0.109. The first-order chi connectivity index (χ1) is 14.0. The van der Waals surface area contributed by atoms with E-state index >= 15 is 0 Å². The van der Waals surface area contributed by atoms with Crippen LogP contribution in [0.25, 0.3) is 21.8 Å². The number of nitrogens with zero attached hydrogens (tertiary/aromatic N) is 1. The van der Waals surface area contributed by atoms with E-state index in [9.17, 15) is 9.59 Å². The Morgan fingerprint density at radius 2 is 1.59 bits per heavy atom. The molecule has 7 heteroatoms. The topological polar surface area (TPSA) is 74.3 Å². The van der Waals surface area contributed by atoms with Crippen LogP contribution in [0.2, 0.25) is 10.0 Å². The number of rotatable bonds is 6. The Morgan fingerprint density at radius 1 is 0.966 bits per heavy atom. The zero-order chi connectivity index (χ0) is 20.5. The van der Waals surface area contributed by atoms with Crippen molar-refractivity contribution in [1.82, 2.24) is 4.57 Å². The Balaban J connectivity index is 2.07. The van der Waals surface area contributed by atoms with E-state index in [2.05, 4.69) is 0 Å². The fraction of sp³-hybridized carbons (Fsp3) is 0.0909. The Kier molecular flexibility index (Phi) is 5.18. The Hall–Kier alpha value is -3.02. The lowest BCUT2D eigenvalue weighted by Crippen LogP contribution is -2.11. The summed E-state index contributed by atoms with van der Waals surface area (Å²) in [4.78, 5) is 23.0. The molecule has 3 aromatic carbocycles. The van der Waals surface area contributed by atoms with Crippen LogP contribution in [0.15, 0.2) is 54.6 Å². The Bertz CT molecular complexity index is 1240. The van der Waals surface area contributed by atoms with Gasteiger partial charge < -0.3 is 15.0 Å². The summed E-state index contributed by atoms with van der Waals surface area (Å²) in [5.41, 5.74) is 8.38. The maximum absolute atomic E-state index is 12.1. The van der Waals surface area contributed by atoms with Crippen molar-refractivity contribution in [2.45, 2.75) is 6.54 Å². The third kappa shape index (κ3) is 3.33. The number of carbonyl (C=O) groups is 2. The van der Waals surface area contributed by atoms with Gasteiger partial charge in [0.15, 0.2) is 6.29 Å². The molecule has 0 aliphatic heterocycles. The van der Waals surface area contributed by atoms with Gasteiger partial charge in [0.05, 0.1) is 23.0 Å². The molecule has 4 aromatic rings. The number of benzene rings is 3. The van der Waals surface area contributed by atoms with E-state index in [1.165, 1.54) is 0 Å². The summed E-state index contributed by atoms with van der Waals surface area (Å²) in [7, 11) is 0. The van der Waals surface area contributed by atoms with Gasteiger partial charge in [0.2, 0.25) is 5.91 Å². The standard InChI is InChI=1S/C22H16Cl2N2O3/c23-15-5-2-6-16(24)14(15)12-26-17-7-1-4-13(22(25)28)20(17)21-18(26)8-3-9-19(21)29-11-10-27/h1-10H,11-12H2,(H2,25,28). The first-order valence-corrected chi connectivity index (χ1v) is 9.61. The number of halogens is 2. The zero-order valence-electron chi connectivity index (χ0n) is 15.2. The van der Waals surface area contributed by atoms with Crippen LogP contribution in [0.1, 0.15) is 15.9 Å². The highest BCUT2D eigenvalue weighted by atomic mass is 35.5. The molecule has 0 saturated carbocycles. The summed E-state index contributed by atoms with van der Waals surface area (Å²) in [6.45, 7) is 0.290. The molecule has 29 heavy (non-hydrogen) atoms. The minimum atomic E-state index is -0.546. The molecule has 146 valence electrons. The predicted octanol–water partition coefficient (Wildman–Crippen LogP) is 4.83. The molecular formula is C22H16Cl2N2O3. The van der Waals surface area contributed by atoms with Gasteiger partial charge in [-0.3, -0.25) is 9.59 Å². The number of nitrogens with two attached hydrogens (primary N) is 1. The average Bonchev–Trinajstić information content (AvgIpc) is 3.03. The largest absolute Gasteiger partial charge is 0.485 e. The van der Waals surface area contributed by atoms with Crippen molar-refractivity contribution in [3.63, 3.8) is 0 Å². The zero-order valence-corrected chi connectivity index (χ0v) is 16.7. The third-order valence-electron chi connectivity index (χ3n) is 4.83. The van der Waals surface area contributed by atoms with Gasteiger partial charge in [-0.05, 0) is 36.4 Å². The molecule has 0 bridgehead atoms. The van der Waals surface area contributed by atoms with E-state index in [4.69, 9.17) is 33.7 Å². The fourth-order valence-corrected chi connectivity index (χ4v) is 4.13. The highest BCUT2D eigenvalue weighted by Gasteiger charge is 2.20. The van der Waals surface area contributed by atoms with E-state index < -0.39 is 5.91 Å². The quantitative estimate of drug-likeness (QED) is 0.448. The fourth-order valence-electron chi connectivity index (χ4n) is 3.61. The van der Waals surface area contributed by atoms with Gasteiger partial charge in [-0.2, -0.15) is 0 Å². The van der Waals surface area contributed by atoms with Crippen molar-refractivity contribution in [1.29, 1.82) is 0 Å². The van der Waals surface area contributed by atoms with Crippen molar-refractivity contribution >= 4 is 57.2 Å². The normalized spacial score (nSPS) is 11.1. The predicted molar refractivity (Wildman–Crippen MR) is 115 cm³/mol. The van der Waals surface area contributed by atoms with E-state index in [0.29, 0.717) is 45.0 Å². The molecule has 2 N–H and O–H groups in total. The molecule has 0 spiro atoms. The molecule has 5 nitrogen and oxygen atoms in total. The molecule has 0 saturated heterocycles. The number of aldehydes is 1. The summed E-state index contributed by atoms with van der Waals surface area (Å²) in [5, 5.41) is 2.47. The van der Waals surface area contributed by atoms with Gasteiger partial charge in [-0.25, -0.2) is 0 Å². The van der Waals surface area contributed by atoms with Gasteiger partial charge in [0.1, 0.15) is 12.4 Å². The molecule has 0 unspecified atom stereocenters. The van der Waals surface area contributed by atoms with Gasteiger partial charge in [0, 0.05) is 26.6 Å². The van der Waals surface area contributed by atoms with Crippen molar-refractivity contribution in [2.75, 3.05) is 6.61 Å². The third-order valence-corrected chi connectivity index (χ3v) is 5.54. The van der Waals surface area contributed by atoms with Gasteiger partial charge in [-0.15, -0.1) is 0 Å². The first-order valence-electron chi connectivity index (χ1n) is 8.86. The molecule has 0 aliphatic rings. The summed E-state index contributed by atoms with van der Waals surface area (Å²) < 4.78 is 7.65. The van der Waals surface area contributed by atoms with E-state index in [-0.39, 0.29) is 6.61 Å². The van der Waals surface area contributed by atoms with Crippen LogP contribution in [0.5, 0.6) is 5.75 Å². The van der Waals surface area contributed by atoms with Gasteiger partial charge in [0.25, 0.3) is 0 Å². The maximum atomic E-state index is 12.1. The van der Waals surface area contributed by atoms with Crippen LogP contribution in [0.3, 0.4) is 0 Å². The summed E-state index contributed by atoms with van der Waals surface area (Å²) in [6.07, 6.45) is 0.677. The molecule has 0 fully saturated rings. The number of ether oxygens (including phenoxy) is 1. The van der Waals surface area contributed by atoms with E-state index in [0.717, 1.165) is 16.6 Å². The first kappa shape index (κ1) is 19.3. The summed E-state index contributed by atoms with van der Waals surface area (Å²) in [6, 6.07) is 16.2. The van der Waals surface area contributed by atoms with Crippen molar-refractivity contribution in [3.05, 3.63) is 75.8 Å². The number of fused-ring (bicyclic) bond motifs is 3. The minimum Gasteiger partial charge on any atom is -0.485 e. The molecule has 0 atom stereocenters. The van der Waals surface area contributed by atoms with Crippen LogP contribution < -0.4 is 10.5 Å². The van der Waals surface area contributed by atoms with Crippen LogP contribution in [0, 0.1) is 0 Å². The molecule has 0 radical (unpaired) electrons. The number of amides is 1. The molecule has 0 aliphatic carbocycles. The van der Waals surface area contributed by atoms with Crippen LogP contribution in [-0.4, -0.2) is 23.4 Å². The molecule has 4 rings (SSSR count). The smallest absolute Gasteiger partial charge is 0.249 e. The molecule has 1 amide bonds. The number of hydrogen-bond donors (Lipinski definition) is 1. The summed E-state index contributed by atoms with van der Waals surface area (Å²) >= 11 is 12.8. The Labute approximate surface area is 176 Å². The highest BCUT2D eigenvalue weighted by Crippen LogP contribution is 2.39. The number of primary amides is 1. The lowest BCUT2D eigenvalue weighted by atomic mass is 10.1. The molecule has 1 heterocycles. The number of hydrogen-bond acceptors (Lipinski definition) is 3. The van der Waals surface area contributed by atoms with Crippen LogP contribution in [-0.2, 0) is 11.3 Å². The molecule has 1 aromatic heterocycles. The SMILES string of the molecule is NC(=O)c1cccc2c1c1c(OCC=O)cccc1n2Cc1c(Cl)cccc1Cl. The monoisotopic (exact) mass is 426 g/mol. The van der Waals surface area contributed by atoms with Crippen LogP contribution >= 0.6 is 23.2 Å². The molecular weight excluding hydrogens is 411 g/mol. The van der Waals surface area contributed by atoms with Crippen LogP contribution in [0.4, 0.5) is 0 Å².